The second kappa shape index (κ2) is 12.0. The molecule has 0 fully saturated rings. The van der Waals surface area contributed by atoms with Gasteiger partial charge in [0.25, 0.3) is 0 Å². The van der Waals surface area contributed by atoms with Crippen LogP contribution in [0.4, 0.5) is 5.69 Å². The molecule has 0 aliphatic carbocycles. The van der Waals surface area contributed by atoms with Crippen LogP contribution in [-0.2, 0) is 4.79 Å². The summed E-state index contributed by atoms with van der Waals surface area (Å²) in [6, 6.07) is 8.45. The van der Waals surface area contributed by atoms with E-state index in [0.29, 0.717) is 6.54 Å². The van der Waals surface area contributed by atoms with Crippen LogP contribution in [0.25, 0.3) is 0 Å². The lowest BCUT2D eigenvalue weighted by Gasteiger charge is -2.24. The van der Waals surface area contributed by atoms with E-state index in [2.05, 4.69) is 43.4 Å². The van der Waals surface area contributed by atoms with Crippen molar-refractivity contribution in [2.24, 2.45) is 17.0 Å². The number of rotatable bonds is 7. The van der Waals surface area contributed by atoms with Gasteiger partial charge in [-0.3, -0.25) is 0 Å². The van der Waals surface area contributed by atoms with E-state index in [0.717, 1.165) is 24.1 Å². The third-order valence-corrected chi connectivity index (χ3v) is 4.72. The lowest BCUT2D eigenvalue weighted by molar-refractivity contribution is -0.113. The third kappa shape index (κ3) is 10.5. The number of carbonyl (C=O) groups is 1. The van der Waals surface area contributed by atoms with Gasteiger partial charge in [-0.2, -0.15) is 0 Å². The van der Waals surface area contributed by atoms with Gasteiger partial charge in [0.2, 0.25) is 0 Å². The van der Waals surface area contributed by atoms with Crippen molar-refractivity contribution >= 4 is 23.7 Å². The first-order valence-electron chi connectivity index (χ1n) is 8.93. The van der Waals surface area contributed by atoms with Gasteiger partial charge in [-0.15, -0.1) is 0 Å². The number of carbonyl (C=O) groups excluding carboxylic acids is 1. The van der Waals surface area contributed by atoms with Crippen molar-refractivity contribution < 1.29 is 4.79 Å². The van der Waals surface area contributed by atoms with Crippen LogP contribution < -0.4 is 16.9 Å². The first-order valence-corrected chi connectivity index (χ1v) is 9.75. The van der Waals surface area contributed by atoms with Crippen molar-refractivity contribution in [2.75, 3.05) is 18.9 Å². The number of nitrogens with two attached hydrogens (primary N) is 2. The number of anilines is 1. The molecule has 0 unspecified atom stereocenters. The number of thioether (sulfide) groups is 1. The zero-order chi connectivity index (χ0) is 20.3. The number of hydrazine groups is 1. The number of hydrogen-bond acceptors (Lipinski definition) is 6. The first kappa shape index (κ1) is 24.5. The van der Waals surface area contributed by atoms with Gasteiger partial charge in [0.15, 0.2) is 0 Å². The summed E-state index contributed by atoms with van der Waals surface area (Å²) in [5.74, 6) is 6.07. The number of nitrogens with one attached hydrogen (secondary N) is 1. The minimum absolute atomic E-state index is 0.0629. The fraction of sp³-hybridized carbons (Fsp3) is 0.550. The summed E-state index contributed by atoms with van der Waals surface area (Å²) in [5.41, 5.74) is 7.87. The number of hydrogen-bond donors (Lipinski definition) is 3. The Morgan fingerprint density at radius 2 is 1.81 bits per heavy atom. The lowest BCUT2D eigenvalue weighted by atomic mass is 10.0. The molecule has 1 aromatic rings. The van der Waals surface area contributed by atoms with Gasteiger partial charge in [0.1, 0.15) is 6.29 Å². The normalized spacial score (nSPS) is 13.1. The van der Waals surface area contributed by atoms with E-state index in [1.807, 2.05) is 34.7 Å². The molecule has 5 N–H and O–H groups in total. The molecule has 0 spiro atoms. The molecule has 0 bridgehead atoms. The maximum Gasteiger partial charge on any atom is 0.125 e. The van der Waals surface area contributed by atoms with Gasteiger partial charge in [-0.25, -0.2) is 5.84 Å². The highest BCUT2D eigenvalue weighted by atomic mass is 32.2. The van der Waals surface area contributed by atoms with Crippen LogP contribution in [0.3, 0.4) is 0 Å². The maximum absolute atomic E-state index is 9.83. The Hall–Kier alpha value is -1.50. The minimum Gasteiger partial charge on any atom is -0.388 e. The summed E-state index contributed by atoms with van der Waals surface area (Å²) in [7, 11) is 1.92. The third-order valence-electron chi connectivity index (χ3n) is 3.38. The summed E-state index contributed by atoms with van der Waals surface area (Å²) < 4.78 is 0. The minimum atomic E-state index is -0.139. The molecule has 1 rings (SSSR count). The Balaban J connectivity index is 0.000000896. The highest BCUT2D eigenvalue weighted by Gasteiger charge is 2.10. The molecule has 1 atom stereocenters. The van der Waals surface area contributed by atoms with Crippen molar-refractivity contribution in [3.8, 4) is 0 Å². The summed E-state index contributed by atoms with van der Waals surface area (Å²) in [6.07, 6.45) is 1.89. The average molecular weight is 381 g/mol. The van der Waals surface area contributed by atoms with Gasteiger partial charge in [-0.05, 0) is 44.5 Å². The van der Waals surface area contributed by atoms with E-state index in [4.69, 9.17) is 11.6 Å². The summed E-state index contributed by atoms with van der Waals surface area (Å²) in [4.78, 5) is 12.3. The van der Waals surface area contributed by atoms with Crippen LogP contribution >= 0.6 is 11.8 Å². The Labute approximate surface area is 163 Å². The molecule has 0 saturated carbocycles. The Kier molecular flexibility index (Phi) is 11.3. The zero-order valence-electron chi connectivity index (χ0n) is 17.3. The Morgan fingerprint density at radius 3 is 2.15 bits per heavy atom. The van der Waals surface area contributed by atoms with E-state index in [1.165, 1.54) is 9.80 Å². The number of nitrogens with zero attached hydrogens (tertiary/aromatic N) is 1. The second-order valence-electron chi connectivity index (χ2n) is 7.35. The predicted molar refractivity (Wildman–Crippen MR) is 115 cm³/mol. The number of aldehydes is 1. The van der Waals surface area contributed by atoms with Crippen LogP contribution in [0.15, 0.2) is 39.8 Å². The molecule has 0 aromatic heterocycles. The second-order valence-corrected chi connectivity index (χ2v) is 8.52. The van der Waals surface area contributed by atoms with E-state index in [9.17, 15) is 4.79 Å². The van der Waals surface area contributed by atoms with Crippen molar-refractivity contribution in [1.82, 2.24) is 5.01 Å². The molecule has 0 aliphatic rings. The van der Waals surface area contributed by atoms with Crippen LogP contribution in [0.1, 0.15) is 48.0 Å². The smallest absolute Gasteiger partial charge is 0.125 e. The topological polar surface area (TPSA) is 84.4 Å². The standard InChI is InChI=1S/C15H26N4S.C5H10O/c1-5-15(12(3)19(17)10-11(2)16)20-14-8-6-13(18-4)7-9-14;1-5(2,3)4-6/h6-9,11,18H,5,10,16-17H2,1-4H3;4H,1-3H3/b15-12+;/t11-;/m0./s1. The largest absolute Gasteiger partial charge is 0.388 e. The fourth-order valence-corrected chi connectivity index (χ4v) is 2.81. The van der Waals surface area contributed by atoms with Gasteiger partial charge in [0, 0.05) is 46.2 Å². The maximum atomic E-state index is 9.83. The summed E-state index contributed by atoms with van der Waals surface area (Å²) in [5, 5.41) is 4.87. The Bertz CT molecular complexity index is 562. The van der Waals surface area contributed by atoms with Crippen LogP contribution in [0.2, 0.25) is 0 Å². The van der Waals surface area contributed by atoms with E-state index < -0.39 is 0 Å². The average Bonchev–Trinajstić information content (AvgIpc) is 2.59. The molecule has 0 radical (unpaired) electrons. The molecule has 0 saturated heterocycles. The lowest BCUT2D eigenvalue weighted by Crippen LogP contribution is -2.39. The van der Waals surface area contributed by atoms with Gasteiger partial charge >= 0.3 is 0 Å². The monoisotopic (exact) mass is 380 g/mol. The molecule has 0 heterocycles. The van der Waals surface area contributed by atoms with E-state index in [1.54, 1.807) is 16.8 Å². The molecular formula is C20H36N4OS. The molecule has 148 valence electrons. The number of allylic oxidation sites excluding steroid dienone is 2. The van der Waals surface area contributed by atoms with Crippen LogP contribution in [-0.4, -0.2) is 30.9 Å². The Morgan fingerprint density at radius 1 is 1.31 bits per heavy atom. The van der Waals surface area contributed by atoms with Crippen LogP contribution in [0, 0.1) is 5.41 Å². The van der Waals surface area contributed by atoms with Crippen LogP contribution in [0.5, 0.6) is 0 Å². The van der Waals surface area contributed by atoms with Crippen molar-refractivity contribution in [2.45, 2.75) is 58.9 Å². The first-order chi connectivity index (χ1) is 12.0. The molecule has 5 nitrogen and oxygen atoms in total. The van der Waals surface area contributed by atoms with Crippen molar-refractivity contribution in [3.63, 3.8) is 0 Å². The molecular weight excluding hydrogens is 344 g/mol. The van der Waals surface area contributed by atoms with Gasteiger partial charge in [0.05, 0.1) is 0 Å². The van der Waals surface area contributed by atoms with E-state index >= 15 is 0 Å². The highest BCUT2D eigenvalue weighted by molar-refractivity contribution is 8.03. The quantitative estimate of drug-likeness (QED) is 0.284. The SMILES string of the molecule is CC(C)(C)C=O.CC/C(Sc1ccc(NC)cc1)=C(/C)N(N)C[C@H](C)N. The highest BCUT2D eigenvalue weighted by Crippen LogP contribution is 2.32. The fourth-order valence-electron chi connectivity index (χ4n) is 1.84. The number of benzene rings is 1. The molecule has 0 amide bonds. The van der Waals surface area contributed by atoms with Crippen molar-refractivity contribution in [1.29, 1.82) is 0 Å². The van der Waals surface area contributed by atoms with Gasteiger partial charge in [-0.1, -0.05) is 39.5 Å². The molecule has 26 heavy (non-hydrogen) atoms. The molecule has 6 heteroatoms. The molecule has 1 aromatic carbocycles. The summed E-state index contributed by atoms with van der Waals surface area (Å²) in [6.45, 7) is 12.4. The van der Waals surface area contributed by atoms with Gasteiger partial charge < -0.3 is 20.9 Å². The molecule has 0 aliphatic heterocycles. The summed E-state index contributed by atoms with van der Waals surface area (Å²) >= 11 is 1.76. The zero-order valence-corrected chi connectivity index (χ0v) is 18.1. The predicted octanol–water partition coefficient (Wildman–Crippen LogP) is 4.22. The van der Waals surface area contributed by atoms with E-state index in [-0.39, 0.29) is 11.5 Å². The van der Waals surface area contributed by atoms with Crippen molar-refractivity contribution in [3.05, 3.63) is 34.9 Å².